The van der Waals surface area contributed by atoms with Crippen LogP contribution in [0.1, 0.15) is 5.56 Å². The molecule has 0 unspecified atom stereocenters. The van der Waals surface area contributed by atoms with Crippen LogP contribution in [0.15, 0.2) is 41.1 Å². The summed E-state index contributed by atoms with van der Waals surface area (Å²) in [6, 6.07) is 9.87. The summed E-state index contributed by atoms with van der Waals surface area (Å²) in [4.78, 5) is 4.27. The fourth-order valence-electron chi connectivity index (χ4n) is 1.83. The molecule has 4 nitrogen and oxygen atoms in total. The summed E-state index contributed by atoms with van der Waals surface area (Å²) in [5.74, 6) is 1.15. The van der Waals surface area contributed by atoms with E-state index in [1.54, 1.807) is 6.20 Å². The minimum Gasteiger partial charge on any atom is -0.381 e. The van der Waals surface area contributed by atoms with Crippen molar-refractivity contribution in [3.05, 3.63) is 42.1 Å². The first-order valence-electron chi connectivity index (χ1n) is 5.32. The lowest BCUT2D eigenvalue weighted by molar-refractivity contribution is 0.435. The van der Waals surface area contributed by atoms with Crippen molar-refractivity contribution in [3.63, 3.8) is 0 Å². The van der Waals surface area contributed by atoms with E-state index in [0.717, 1.165) is 22.0 Å². The number of aromatic nitrogens is 2. The predicted octanol–water partition coefficient (Wildman–Crippen LogP) is 2.78. The van der Waals surface area contributed by atoms with E-state index in [9.17, 15) is 0 Å². The Balaban J connectivity index is 2.21. The van der Waals surface area contributed by atoms with Crippen molar-refractivity contribution in [1.29, 1.82) is 0 Å². The van der Waals surface area contributed by atoms with Gasteiger partial charge in [0.1, 0.15) is 0 Å². The van der Waals surface area contributed by atoms with Crippen LogP contribution in [-0.4, -0.2) is 10.1 Å². The topological polar surface area (TPSA) is 64.9 Å². The average Bonchev–Trinajstić information content (AvgIpc) is 2.70. The Morgan fingerprint density at radius 2 is 2.12 bits per heavy atom. The average molecular weight is 225 g/mol. The van der Waals surface area contributed by atoms with E-state index in [1.807, 2.05) is 37.3 Å². The molecule has 0 radical (unpaired) electrons. The summed E-state index contributed by atoms with van der Waals surface area (Å²) in [6.45, 7) is 1.90. The molecule has 0 amide bonds. The van der Waals surface area contributed by atoms with Crippen LogP contribution >= 0.6 is 0 Å². The van der Waals surface area contributed by atoms with E-state index in [4.69, 9.17) is 10.3 Å². The number of hydrogen-bond donors (Lipinski definition) is 1. The van der Waals surface area contributed by atoms with Crippen molar-refractivity contribution in [2.45, 2.75) is 6.92 Å². The Morgan fingerprint density at radius 1 is 1.24 bits per heavy atom. The maximum atomic E-state index is 5.67. The van der Waals surface area contributed by atoms with Gasteiger partial charge in [0.05, 0.1) is 5.52 Å². The van der Waals surface area contributed by atoms with Gasteiger partial charge in [-0.2, -0.15) is 0 Å². The van der Waals surface area contributed by atoms with Crippen molar-refractivity contribution in [2.24, 2.45) is 0 Å². The molecule has 3 rings (SSSR count). The van der Waals surface area contributed by atoms with Gasteiger partial charge >= 0.3 is 0 Å². The van der Waals surface area contributed by atoms with E-state index in [2.05, 4.69) is 10.1 Å². The zero-order valence-corrected chi connectivity index (χ0v) is 9.34. The highest BCUT2D eigenvalue weighted by atomic mass is 16.5. The number of benzene rings is 1. The van der Waals surface area contributed by atoms with Gasteiger partial charge in [-0.1, -0.05) is 11.2 Å². The number of anilines is 1. The third-order valence-corrected chi connectivity index (χ3v) is 2.83. The molecular formula is C13H11N3O. The Bertz CT molecular complexity index is 688. The first-order chi connectivity index (χ1) is 8.25. The zero-order valence-electron chi connectivity index (χ0n) is 9.34. The van der Waals surface area contributed by atoms with Gasteiger partial charge in [0.2, 0.25) is 0 Å². The third-order valence-electron chi connectivity index (χ3n) is 2.83. The molecule has 84 valence electrons. The molecule has 0 fully saturated rings. The quantitative estimate of drug-likeness (QED) is 0.691. The molecule has 2 aromatic heterocycles. The second-order valence-corrected chi connectivity index (χ2v) is 3.93. The number of hydrogen-bond acceptors (Lipinski definition) is 4. The first-order valence-corrected chi connectivity index (χ1v) is 5.32. The molecule has 0 saturated heterocycles. The van der Waals surface area contributed by atoms with Crippen molar-refractivity contribution >= 4 is 16.7 Å². The second kappa shape index (κ2) is 3.59. The van der Waals surface area contributed by atoms with E-state index in [1.165, 1.54) is 0 Å². The van der Waals surface area contributed by atoms with Crippen molar-refractivity contribution in [3.8, 4) is 11.3 Å². The summed E-state index contributed by atoms with van der Waals surface area (Å²) in [7, 11) is 0. The molecule has 0 aliphatic rings. The Morgan fingerprint density at radius 3 is 2.88 bits per heavy atom. The van der Waals surface area contributed by atoms with Gasteiger partial charge in [0, 0.05) is 22.7 Å². The highest BCUT2D eigenvalue weighted by Crippen LogP contribution is 2.28. The van der Waals surface area contributed by atoms with Gasteiger partial charge in [-0.15, -0.1) is 0 Å². The maximum absolute atomic E-state index is 5.67. The standard InChI is InChI=1S/C13H11N3O/c1-8-12(17-16-13(8)14)10-4-5-11-9(7-10)3-2-6-15-11/h2-7H,1H3,(H2,14,16). The summed E-state index contributed by atoms with van der Waals surface area (Å²) >= 11 is 0. The molecule has 0 saturated carbocycles. The van der Waals surface area contributed by atoms with E-state index in [0.29, 0.717) is 11.6 Å². The SMILES string of the molecule is Cc1c(N)noc1-c1ccc2ncccc2c1. The zero-order chi connectivity index (χ0) is 11.8. The molecule has 2 heterocycles. The van der Waals surface area contributed by atoms with E-state index in [-0.39, 0.29) is 0 Å². The molecular weight excluding hydrogens is 214 g/mol. The van der Waals surface area contributed by atoms with Crippen LogP contribution < -0.4 is 5.73 Å². The maximum Gasteiger partial charge on any atom is 0.171 e. The van der Waals surface area contributed by atoms with Crippen molar-refractivity contribution < 1.29 is 4.52 Å². The molecule has 0 bridgehead atoms. The lowest BCUT2D eigenvalue weighted by Crippen LogP contribution is -1.86. The van der Waals surface area contributed by atoms with E-state index < -0.39 is 0 Å². The molecule has 0 aliphatic carbocycles. The van der Waals surface area contributed by atoms with Gasteiger partial charge in [0.15, 0.2) is 11.6 Å². The number of nitrogens with two attached hydrogens (primary N) is 1. The van der Waals surface area contributed by atoms with Gasteiger partial charge in [-0.3, -0.25) is 4.98 Å². The van der Waals surface area contributed by atoms with Gasteiger partial charge in [-0.25, -0.2) is 0 Å². The number of fused-ring (bicyclic) bond motifs is 1. The Hall–Kier alpha value is -2.36. The molecule has 0 aliphatic heterocycles. The van der Waals surface area contributed by atoms with Crippen molar-refractivity contribution in [2.75, 3.05) is 5.73 Å². The fourth-order valence-corrected chi connectivity index (χ4v) is 1.83. The van der Waals surface area contributed by atoms with Crippen LogP contribution in [0.2, 0.25) is 0 Å². The monoisotopic (exact) mass is 225 g/mol. The molecule has 4 heteroatoms. The molecule has 1 aromatic carbocycles. The largest absolute Gasteiger partial charge is 0.381 e. The summed E-state index contributed by atoms with van der Waals surface area (Å²) in [5, 5.41) is 4.83. The fraction of sp³-hybridized carbons (Fsp3) is 0.0769. The summed E-state index contributed by atoms with van der Waals surface area (Å²) in [6.07, 6.45) is 1.78. The number of pyridine rings is 1. The Labute approximate surface area is 98.1 Å². The number of rotatable bonds is 1. The molecule has 3 aromatic rings. The van der Waals surface area contributed by atoms with Crippen LogP contribution in [0.25, 0.3) is 22.2 Å². The number of nitrogen functional groups attached to an aromatic ring is 1. The van der Waals surface area contributed by atoms with Crippen LogP contribution in [0.5, 0.6) is 0 Å². The van der Waals surface area contributed by atoms with Gasteiger partial charge < -0.3 is 10.3 Å². The van der Waals surface area contributed by atoms with Crippen LogP contribution in [0, 0.1) is 6.92 Å². The predicted molar refractivity (Wildman–Crippen MR) is 66.4 cm³/mol. The molecule has 2 N–H and O–H groups in total. The van der Waals surface area contributed by atoms with Crippen LogP contribution in [0.3, 0.4) is 0 Å². The third kappa shape index (κ3) is 1.54. The lowest BCUT2D eigenvalue weighted by atomic mass is 10.1. The highest BCUT2D eigenvalue weighted by molar-refractivity contribution is 5.84. The first kappa shape index (κ1) is 9.84. The Kier molecular flexibility index (Phi) is 2.08. The summed E-state index contributed by atoms with van der Waals surface area (Å²) < 4.78 is 5.23. The smallest absolute Gasteiger partial charge is 0.171 e. The van der Waals surface area contributed by atoms with Gasteiger partial charge in [0.25, 0.3) is 0 Å². The normalized spacial score (nSPS) is 10.9. The molecule has 17 heavy (non-hydrogen) atoms. The number of nitrogens with zero attached hydrogens (tertiary/aromatic N) is 2. The molecule has 0 atom stereocenters. The second-order valence-electron chi connectivity index (χ2n) is 3.93. The van der Waals surface area contributed by atoms with Gasteiger partial charge in [-0.05, 0) is 31.2 Å². The van der Waals surface area contributed by atoms with E-state index >= 15 is 0 Å². The van der Waals surface area contributed by atoms with Crippen LogP contribution in [0.4, 0.5) is 5.82 Å². The minimum absolute atomic E-state index is 0.436. The van der Waals surface area contributed by atoms with Crippen LogP contribution in [-0.2, 0) is 0 Å². The lowest BCUT2D eigenvalue weighted by Gasteiger charge is -2.00. The summed E-state index contributed by atoms with van der Waals surface area (Å²) in [5.41, 5.74) is 8.47. The van der Waals surface area contributed by atoms with Crippen molar-refractivity contribution in [1.82, 2.24) is 10.1 Å². The molecule has 0 spiro atoms. The minimum atomic E-state index is 0.436. The highest BCUT2D eigenvalue weighted by Gasteiger charge is 2.11.